The van der Waals surface area contributed by atoms with Crippen molar-refractivity contribution in [3.63, 3.8) is 0 Å². The maximum absolute atomic E-state index is 12.2. The molecule has 0 spiro atoms. The van der Waals surface area contributed by atoms with Crippen LogP contribution in [0.1, 0.15) is 57.1 Å². The quantitative estimate of drug-likeness (QED) is 0.898. The lowest BCUT2D eigenvalue weighted by molar-refractivity contribution is -0.0478. The van der Waals surface area contributed by atoms with Crippen LogP contribution in [0.3, 0.4) is 0 Å². The molecule has 20 heavy (non-hydrogen) atoms. The zero-order valence-corrected chi connectivity index (χ0v) is 12.6. The third-order valence-electron chi connectivity index (χ3n) is 4.56. The lowest BCUT2D eigenvalue weighted by Gasteiger charge is -2.57. The largest absolute Gasteiger partial charge is 0.345 e. The third-order valence-corrected chi connectivity index (χ3v) is 4.56. The molecule has 0 radical (unpaired) electrons. The van der Waals surface area contributed by atoms with Crippen LogP contribution in [-0.4, -0.2) is 50.0 Å². The van der Waals surface area contributed by atoms with Crippen LogP contribution in [-0.2, 0) is 0 Å². The summed E-state index contributed by atoms with van der Waals surface area (Å²) in [5.74, 6) is -0.113. The van der Waals surface area contributed by atoms with Crippen LogP contribution < -0.4 is 5.32 Å². The molecule has 3 rings (SSSR count). The molecule has 1 aliphatic heterocycles. The summed E-state index contributed by atoms with van der Waals surface area (Å²) in [6, 6.07) is 1.12. The van der Waals surface area contributed by atoms with Crippen LogP contribution >= 0.6 is 0 Å². The second-order valence-electron chi connectivity index (χ2n) is 6.74. The van der Waals surface area contributed by atoms with Crippen LogP contribution in [0, 0.1) is 0 Å². The average Bonchev–Trinajstić information content (AvgIpc) is 3.11. The van der Waals surface area contributed by atoms with Gasteiger partial charge in [0.05, 0.1) is 18.3 Å². The highest BCUT2D eigenvalue weighted by atomic mass is 16.2. The highest BCUT2D eigenvalue weighted by molar-refractivity contribution is 5.92. The zero-order valence-electron chi connectivity index (χ0n) is 12.6. The number of likely N-dealkylation sites (tertiary alicyclic amines) is 1. The van der Waals surface area contributed by atoms with Crippen molar-refractivity contribution in [1.82, 2.24) is 25.2 Å². The summed E-state index contributed by atoms with van der Waals surface area (Å²) in [5, 5.41) is 11.1. The fraction of sp³-hybridized carbons (Fsp3) is 0.786. The summed E-state index contributed by atoms with van der Waals surface area (Å²) in [7, 11) is 0. The maximum Gasteiger partial charge on any atom is 0.273 e. The number of nitrogens with one attached hydrogen (secondary N) is 1. The van der Waals surface area contributed by atoms with Gasteiger partial charge in [-0.2, -0.15) is 0 Å². The summed E-state index contributed by atoms with van der Waals surface area (Å²) >= 11 is 0. The van der Waals surface area contributed by atoms with E-state index in [1.165, 1.54) is 0 Å². The first-order chi connectivity index (χ1) is 9.39. The van der Waals surface area contributed by atoms with E-state index in [1.807, 2.05) is 0 Å². The van der Waals surface area contributed by atoms with E-state index in [-0.39, 0.29) is 17.5 Å². The van der Waals surface area contributed by atoms with Gasteiger partial charge in [0.15, 0.2) is 5.69 Å². The summed E-state index contributed by atoms with van der Waals surface area (Å²) in [6.07, 6.45) is 4.05. The Bertz CT molecular complexity index is 517. The third kappa shape index (κ3) is 2.22. The minimum atomic E-state index is -0.113. The molecular formula is C14H23N5O. The molecule has 1 saturated heterocycles. The van der Waals surface area contributed by atoms with Gasteiger partial charge in [0.25, 0.3) is 5.91 Å². The Labute approximate surface area is 119 Å². The number of hydrogen-bond donors (Lipinski definition) is 1. The van der Waals surface area contributed by atoms with Crippen molar-refractivity contribution < 1.29 is 4.79 Å². The summed E-state index contributed by atoms with van der Waals surface area (Å²) < 4.78 is 1.81. The molecule has 2 heterocycles. The first-order valence-electron chi connectivity index (χ1n) is 7.39. The monoisotopic (exact) mass is 277 g/mol. The molecule has 0 bridgehead atoms. The molecule has 110 valence electrons. The number of carbonyl (C=O) groups excluding carboxylic acids is 1. The molecule has 1 N–H and O–H groups in total. The molecule has 6 heteroatoms. The lowest BCUT2D eigenvalue weighted by atomic mass is 9.81. The van der Waals surface area contributed by atoms with Gasteiger partial charge in [-0.05, 0) is 40.5 Å². The fourth-order valence-corrected chi connectivity index (χ4v) is 2.97. The van der Waals surface area contributed by atoms with Gasteiger partial charge >= 0.3 is 0 Å². The molecule has 2 aliphatic rings. The Kier molecular flexibility index (Phi) is 3.08. The van der Waals surface area contributed by atoms with Gasteiger partial charge in [-0.1, -0.05) is 5.21 Å². The molecule has 1 aromatic heterocycles. The minimum absolute atomic E-state index is 0.00366. The molecule has 1 aromatic rings. The van der Waals surface area contributed by atoms with Gasteiger partial charge < -0.3 is 5.32 Å². The molecule has 2 fully saturated rings. The van der Waals surface area contributed by atoms with Crippen molar-refractivity contribution in [3.05, 3.63) is 11.9 Å². The summed E-state index contributed by atoms with van der Waals surface area (Å²) in [5.41, 5.74) is 0.423. The van der Waals surface area contributed by atoms with E-state index >= 15 is 0 Å². The highest BCUT2D eigenvalue weighted by Gasteiger charge is 2.48. The van der Waals surface area contributed by atoms with Gasteiger partial charge in [-0.25, -0.2) is 4.68 Å². The van der Waals surface area contributed by atoms with E-state index in [1.54, 1.807) is 10.9 Å². The first kappa shape index (κ1) is 13.5. The normalized spacial score (nSPS) is 25.6. The Morgan fingerprint density at radius 1 is 1.45 bits per heavy atom. The number of nitrogens with zero attached hydrogens (tertiary/aromatic N) is 4. The second kappa shape index (κ2) is 4.55. The smallest absolute Gasteiger partial charge is 0.273 e. The minimum Gasteiger partial charge on any atom is -0.345 e. The zero-order chi connectivity index (χ0) is 14.5. The van der Waals surface area contributed by atoms with Crippen molar-refractivity contribution in [2.24, 2.45) is 0 Å². The Balaban J connectivity index is 1.61. The van der Waals surface area contributed by atoms with Gasteiger partial charge in [0.1, 0.15) is 0 Å². The Morgan fingerprint density at radius 2 is 2.15 bits per heavy atom. The van der Waals surface area contributed by atoms with Crippen LogP contribution in [0.5, 0.6) is 0 Å². The van der Waals surface area contributed by atoms with Crippen molar-refractivity contribution >= 4 is 5.91 Å². The van der Waals surface area contributed by atoms with Crippen molar-refractivity contribution in [2.45, 2.75) is 64.2 Å². The van der Waals surface area contributed by atoms with Gasteiger partial charge in [-0.3, -0.25) is 9.69 Å². The predicted molar refractivity (Wildman–Crippen MR) is 75.5 cm³/mol. The highest BCUT2D eigenvalue weighted by Crippen LogP contribution is 2.34. The molecular weight excluding hydrogens is 254 g/mol. The summed E-state index contributed by atoms with van der Waals surface area (Å²) in [4.78, 5) is 14.6. The molecule has 1 atom stereocenters. The predicted octanol–water partition coefficient (Wildman–Crippen LogP) is 1.21. The van der Waals surface area contributed by atoms with E-state index in [0.717, 1.165) is 19.4 Å². The van der Waals surface area contributed by atoms with E-state index < -0.39 is 0 Å². The average molecular weight is 277 g/mol. The Morgan fingerprint density at radius 3 is 2.70 bits per heavy atom. The van der Waals surface area contributed by atoms with E-state index in [0.29, 0.717) is 17.8 Å². The molecule has 1 aliphatic carbocycles. The van der Waals surface area contributed by atoms with Gasteiger partial charge in [0.2, 0.25) is 0 Å². The number of carbonyl (C=O) groups is 1. The standard InChI is InChI=1S/C14H23N5O/c1-9(2)18-8-12(14(18,3)4)15-13(20)11-7-19(17-16-11)10-5-6-10/h7,9-10,12H,5-6,8H2,1-4H3,(H,15,20). The van der Waals surface area contributed by atoms with Crippen molar-refractivity contribution in [1.29, 1.82) is 0 Å². The van der Waals surface area contributed by atoms with Gasteiger partial charge in [0, 0.05) is 18.1 Å². The topological polar surface area (TPSA) is 63.1 Å². The molecule has 0 aromatic carbocycles. The van der Waals surface area contributed by atoms with Crippen LogP contribution in [0.2, 0.25) is 0 Å². The fourth-order valence-electron chi connectivity index (χ4n) is 2.97. The van der Waals surface area contributed by atoms with Crippen molar-refractivity contribution in [3.8, 4) is 0 Å². The van der Waals surface area contributed by atoms with Crippen LogP contribution in [0.25, 0.3) is 0 Å². The Hall–Kier alpha value is -1.43. The second-order valence-corrected chi connectivity index (χ2v) is 6.74. The van der Waals surface area contributed by atoms with E-state index in [9.17, 15) is 4.79 Å². The molecule has 1 amide bonds. The van der Waals surface area contributed by atoms with E-state index in [2.05, 4.69) is 48.2 Å². The number of aromatic nitrogens is 3. The maximum atomic E-state index is 12.2. The first-order valence-corrected chi connectivity index (χ1v) is 7.39. The molecule has 1 unspecified atom stereocenters. The number of hydrogen-bond acceptors (Lipinski definition) is 4. The number of amides is 1. The lowest BCUT2D eigenvalue weighted by Crippen LogP contribution is -2.74. The molecule has 6 nitrogen and oxygen atoms in total. The van der Waals surface area contributed by atoms with E-state index in [4.69, 9.17) is 0 Å². The molecule has 1 saturated carbocycles. The van der Waals surface area contributed by atoms with Crippen LogP contribution in [0.4, 0.5) is 0 Å². The summed E-state index contributed by atoms with van der Waals surface area (Å²) in [6.45, 7) is 9.60. The van der Waals surface area contributed by atoms with Gasteiger partial charge in [-0.15, -0.1) is 5.10 Å². The SMILES string of the molecule is CC(C)N1CC(NC(=O)c2cn(C3CC3)nn2)C1(C)C. The van der Waals surface area contributed by atoms with Crippen LogP contribution in [0.15, 0.2) is 6.20 Å². The van der Waals surface area contributed by atoms with Crippen molar-refractivity contribution in [2.75, 3.05) is 6.54 Å². The number of rotatable bonds is 4.